The number of rotatable bonds is 5. The molecule has 1 heterocycles. The molecule has 0 saturated heterocycles. The Morgan fingerprint density at radius 2 is 1.81 bits per heavy atom. The van der Waals surface area contributed by atoms with E-state index in [9.17, 15) is 0 Å². The second-order valence-corrected chi connectivity index (χ2v) is 7.43. The van der Waals surface area contributed by atoms with E-state index in [-0.39, 0.29) is 5.57 Å². The first-order valence-electron chi connectivity index (χ1n) is 7.63. The van der Waals surface area contributed by atoms with Crippen molar-refractivity contribution in [3.63, 3.8) is 0 Å². The summed E-state index contributed by atoms with van der Waals surface area (Å²) in [7, 11) is 1.62. The third-order valence-corrected chi connectivity index (χ3v) is 5.68. The number of aromatic nitrogens is 1. The van der Waals surface area contributed by atoms with Crippen LogP contribution in [0.1, 0.15) is 5.56 Å². The fourth-order valence-electron chi connectivity index (χ4n) is 2.19. The Morgan fingerprint density at radius 1 is 1.08 bits per heavy atom. The molecule has 0 radical (unpaired) electrons. The molecule has 0 aliphatic heterocycles. The quantitative estimate of drug-likeness (QED) is 0.339. The molecule has 0 atom stereocenters. The maximum absolute atomic E-state index is 8.96. The van der Waals surface area contributed by atoms with Crippen molar-refractivity contribution in [1.29, 1.82) is 10.5 Å². The molecule has 4 nitrogen and oxygen atoms in total. The van der Waals surface area contributed by atoms with Gasteiger partial charge < -0.3 is 4.74 Å². The number of thioether (sulfide) groups is 1. The van der Waals surface area contributed by atoms with Gasteiger partial charge in [-0.25, -0.2) is 4.98 Å². The van der Waals surface area contributed by atoms with Gasteiger partial charge in [-0.1, -0.05) is 36.0 Å². The Balaban J connectivity index is 1.99. The van der Waals surface area contributed by atoms with Gasteiger partial charge in [-0.05, 0) is 42.0 Å². The molecular weight excluding hydrogens is 362 g/mol. The number of para-hydroxylation sites is 1. The van der Waals surface area contributed by atoms with E-state index >= 15 is 0 Å². The van der Waals surface area contributed by atoms with Crippen LogP contribution in [-0.2, 0) is 0 Å². The summed E-state index contributed by atoms with van der Waals surface area (Å²) in [5, 5.41) is 17.9. The Morgan fingerprint density at radius 3 is 2.46 bits per heavy atom. The van der Waals surface area contributed by atoms with Crippen LogP contribution in [0, 0.1) is 22.7 Å². The zero-order valence-corrected chi connectivity index (χ0v) is 15.5. The summed E-state index contributed by atoms with van der Waals surface area (Å²) in [5.74, 6) is 0.767. The zero-order chi connectivity index (χ0) is 18.4. The molecule has 2 aromatic carbocycles. The van der Waals surface area contributed by atoms with Crippen molar-refractivity contribution in [2.24, 2.45) is 0 Å². The van der Waals surface area contributed by atoms with E-state index in [4.69, 9.17) is 15.3 Å². The number of fused-ring (bicyclic) bond motifs is 1. The van der Waals surface area contributed by atoms with Crippen LogP contribution in [0.15, 0.2) is 70.6 Å². The van der Waals surface area contributed by atoms with E-state index in [1.54, 1.807) is 24.5 Å². The van der Waals surface area contributed by atoms with Crippen molar-refractivity contribution in [1.82, 2.24) is 4.98 Å². The molecule has 6 heteroatoms. The molecule has 1 aromatic heterocycles. The van der Waals surface area contributed by atoms with Gasteiger partial charge in [0.2, 0.25) is 0 Å². The molecule has 0 bridgehead atoms. The largest absolute Gasteiger partial charge is 0.497 e. The number of ether oxygens (including phenoxy) is 1. The third kappa shape index (κ3) is 4.12. The van der Waals surface area contributed by atoms with Gasteiger partial charge in [-0.2, -0.15) is 10.5 Å². The highest BCUT2D eigenvalue weighted by Crippen LogP contribution is 2.39. The van der Waals surface area contributed by atoms with Crippen LogP contribution in [0.2, 0.25) is 0 Å². The minimum atomic E-state index is 0.0564. The molecule has 0 unspecified atom stereocenters. The molecule has 126 valence electrons. The third-order valence-electron chi connectivity index (χ3n) is 3.49. The minimum absolute atomic E-state index is 0.0564. The Hall–Kier alpha value is -3.06. The predicted molar refractivity (Wildman–Crippen MR) is 106 cm³/mol. The maximum atomic E-state index is 8.96. The Kier molecular flexibility index (Phi) is 5.70. The van der Waals surface area contributed by atoms with E-state index in [0.717, 1.165) is 30.8 Å². The van der Waals surface area contributed by atoms with Gasteiger partial charge in [-0.15, -0.1) is 11.3 Å². The summed E-state index contributed by atoms with van der Waals surface area (Å²) in [4.78, 5) is 5.54. The van der Waals surface area contributed by atoms with Gasteiger partial charge in [0.15, 0.2) is 4.34 Å². The van der Waals surface area contributed by atoms with Crippen LogP contribution in [-0.4, -0.2) is 12.1 Å². The van der Waals surface area contributed by atoms with Gasteiger partial charge in [0.1, 0.15) is 23.5 Å². The Labute approximate surface area is 159 Å². The number of hydrogen-bond acceptors (Lipinski definition) is 6. The first-order chi connectivity index (χ1) is 12.7. The van der Waals surface area contributed by atoms with Crippen LogP contribution >= 0.6 is 23.1 Å². The highest BCUT2D eigenvalue weighted by Gasteiger charge is 2.09. The first kappa shape index (κ1) is 17.8. The summed E-state index contributed by atoms with van der Waals surface area (Å²) in [6, 6.07) is 19.4. The van der Waals surface area contributed by atoms with Crippen molar-refractivity contribution in [3.05, 3.63) is 71.8 Å². The first-order valence-corrected chi connectivity index (χ1v) is 9.27. The lowest BCUT2D eigenvalue weighted by atomic mass is 10.2. The van der Waals surface area contributed by atoms with Crippen LogP contribution < -0.4 is 4.74 Å². The topological polar surface area (TPSA) is 69.7 Å². The fraction of sp³-hybridized carbons (Fsp3) is 0.0500. The van der Waals surface area contributed by atoms with Crippen molar-refractivity contribution >= 4 is 38.2 Å². The maximum Gasteiger partial charge on any atom is 0.155 e. The van der Waals surface area contributed by atoms with Crippen molar-refractivity contribution < 1.29 is 4.74 Å². The van der Waals surface area contributed by atoms with Crippen LogP contribution in [0.25, 0.3) is 15.1 Å². The summed E-state index contributed by atoms with van der Waals surface area (Å²) in [6.07, 6.45) is 3.31. The number of nitrogens with zero attached hydrogens (tertiary/aromatic N) is 3. The molecule has 0 N–H and O–H groups in total. The van der Waals surface area contributed by atoms with E-state index < -0.39 is 0 Å². The second-order valence-electron chi connectivity index (χ2n) is 5.11. The number of nitriles is 2. The zero-order valence-electron chi connectivity index (χ0n) is 13.8. The SMILES string of the molecule is COc1ccc(C(=CC=C(C#N)C#N)Sc2nc3ccccc3s2)cc1. The van der Waals surface area contributed by atoms with E-state index in [1.807, 2.05) is 60.7 Å². The van der Waals surface area contributed by atoms with Crippen LogP contribution in [0.5, 0.6) is 5.75 Å². The molecule has 3 aromatic rings. The second kappa shape index (κ2) is 8.35. The van der Waals surface area contributed by atoms with Gasteiger partial charge >= 0.3 is 0 Å². The molecule has 26 heavy (non-hydrogen) atoms. The van der Waals surface area contributed by atoms with Gasteiger partial charge in [0, 0.05) is 4.91 Å². The smallest absolute Gasteiger partial charge is 0.155 e. The average molecular weight is 375 g/mol. The predicted octanol–water partition coefficient (Wildman–Crippen LogP) is 5.41. The van der Waals surface area contributed by atoms with Gasteiger partial charge in [0.05, 0.1) is 17.3 Å². The molecule has 0 fully saturated rings. The molecule has 0 saturated carbocycles. The summed E-state index contributed by atoms with van der Waals surface area (Å²) in [5.41, 5.74) is 1.97. The summed E-state index contributed by atoms with van der Waals surface area (Å²) >= 11 is 3.12. The van der Waals surface area contributed by atoms with E-state index in [0.29, 0.717) is 0 Å². The van der Waals surface area contributed by atoms with Crippen molar-refractivity contribution in [2.75, 3.05) is 7.11 Å². The van der Waals surface area contributed by atoms with Gasteiger partial charge in [0.25, 0.3) is 0 Å². The van der Waals surface area contributed by atoms with Crippen LogP contribution in [0.3, 0.4) is 0 Å². The molecule has 0 spiro atoms. The highest BCUT2D eigenvalue weighted by atomic mass is 32.2. The standard InChI is InChI=1S/C20H13N3OS2/c1-24-16-9-7-15(8-10-16)18(11-6-14(12-21)13-22)25-20-23-17-4-2-3-5-19(17)26-20/h2-11H,1H3. The summed E-state index contributed by atoms with van der Waals surface area (Å²) in [6.45, 7) is 0. The molecule has 3 rings (SSSR count). The number of allylic oxidation sites excluding steroid dienone is 3. The number of methoxy groups -OCH3 is 1. The van der Waals surface area contributed by atoms with Crippen molar-refractivity contribution in [2.45, 2.75) is 4.34 Å². The normalized spacial score (nSPS) is 10.8. The number of thiazole rings is 1. The van der Waals surface area contributed by atoms with Gasteiger partial charge in [-0.3, -0.25) is 0 Å². The minimum Gasteiger partial charge on any atom is -0.497 e. The van der Waals surface area contributed by atoms with Crippen LogP contribution in [0.4, 0.5) is 0 Å². The summed E-state index contributed by atoms with van der Waals surface area (Å²) < 4.78 is 7.23. The molecule has 0 aliphatic carbocycles. The fourth-order valence-corrected chi connectivity index (χ4v) is 4.32. The van der Waals surface area contributed by atoms with E-state index in [2.05, 4.69) is 4.98 Å². The Bertz CT molecular complexity index is 1020. The average Bonchev–Trinajstić information content (AvgIpc) is 3.10. The number of benzene rings is 2. The lowest BCUT2D eigenvalue weighted by molar-refractivity contribution is 0.415. The lowest BCUT2D eigenvalue weighted by Gasteiger charge is -2.06. The van der Waals surface area contributed by atoms with E-state index in [1.165, 1.54) is 17.8 Å². The monoisotopic (exact) mass is 375 g/mol. The van der Waals surface area contributed by atoms with Crippen molar-refractivity contribution in [3.8, 4) is 17.9 Å². The lowest BCUT2D eigenvalue weighted by Crippen LogP contribution is -1.85. The molecule has 0 aliphatic rings. The molecule has 0 amide bonds. The molecular formula is C20H13N3OS2. The highest BCUT2D eigenvalue weighted by molar-refractivity contribution is 8.09. The number of hydrogen-bond donors (Lipinski definition) is 0.